The summed E-state index contributed by atoms with van der Waals surface area (Å²) >= 11 is 0. The number of carbonyl (C=O) groups is 1. The van der Waals surface area contributed by atoms with Crippen LogP contribution in [0.4, 0.5) is 10.6 Å². The van der Waals surface area contributed by atoms with Crippen molar-refractivity contribution in [2.24, 2.45) is 12.8 Å². The zero-order chi connectivity index (χ0) is 13.8. The smallest absolute Gasteiger partial charge is 0.410 e. The minimum atomic E-state index is -0.669. The van der Waals surface area contributed by atoms with E-state index in [0.717, 1.165) is 0 Å². The summed E-state index contributed by atoms with van der Waals surface area (Å²) in [5, 5.41) is 13.8. The molecule has 0 atom stereocenters. The fraction of sp³-hybridized carbons (Fsp3) is 0.0833. The van der Waals surface area contributed by atoms with E-state index in [9.17, 15) is 4.79 Å². The maximum Gasteiger partial charge on any atom is 0.418 e. The molecule has 0 unspecified atom stereocenters. The first-order valence-electron chi connectivity index (χ1n) is 5.48. The van der Waals surface area contributed by atoms with Crippen molar-refractivity contribution in [3.63, 3.8) is 0 Å². The molecular weight excluding hydrogens is 246 g/mol. The van der Waals surface area contributed by atoms with E-state index in [1.165, 1.54) is 10.9 Å². The van der Waals surface area contributed by atoms with Gasteiger partial charge in [0.2, 0.25) is 0 Å². The molecule has 19 heavy (non-hydrogen) atoms. The van der Waals surface area contributed by atoms with Gasteiger partial charge in [-0.2, -0.15) is 5.10 Å². The highest BCUT2D eigenvalue weighted by molar-refractivity contribution is 6.02. The van der Waals surface area contributed by atoms with Crippen LogP contribution in [0.1, 0.15) is 5.56 Å². The Morgan fingerprint density at radius 2 is 2.11 bits per heavy atom. The lowest BCUT2D eigenvalue weighted by molar-refractivity contribution is 0.215. The van der Waals surface area contributed by atoms with Crippen LogP contribution in [0.2, 0.25) is 0 Å². The summed E-state index contributed by atoms with van der Waals surface area (Å²) in [6.07, 6.45) is 0.734. The van der Waals surface area contributed by atoms with Crippen molar-refractivity contribution >= 4 is 17.7 Å². The van der Waals surface area contributed by atoms with Gasteiger partial charge in [0.25, 0.3) is 0 Å². The highest BCUT2D eigenvalue weighted by Gasteiger charge is 2.14. The summed E-state index contributed by atoms with van der Waals surface area (Å²) in [6, 6.07) is 8.66. The SMILES string of the molecule is Cn1ncc(C(=N)N)c1NC(=O)Oc1ccccc1. The van der Waals surface area contributed by atoms with Crippen LogP contribution in [0, 0.1) is 5.41 Å². The number of rotatable bonds is 3. The van der Waals surface area contributed by atoms with Gasteiger partial charge in [0.05, 0.1) is 11.8 Å². The van der Waals surface area contributed by atoms with Crippen LogP contribution in [-0.2, 0) is 7.05 Å². The summed E-state index contributed by atoms with van der Waals surface area (Å²) in [7, 11) is 1.63. The van der Waals surface area contributed by atoms with Gasteiger partial charge in [-0.15, -0.1) is 0 Å². The second-order valence-corrected chi connectivity index (χ2v) is 3.77. The lowest BCUT2D eigenvalue weighted by Crippen LogP contribution is -2.21. The molecule has 98 valence electrons. The van der Waals surface area contributed by atoms with Crippen molar-refractivity contribution in [3.8, 4) is 5.75 Å². The number of nitrogen functional groups attached to an aromatic ring is 1. The molecule has 4 N–H and O–H groups in total. The Morgan fingerprint density at radius 3 is 2.74 bits per heavy atom. The summed E-state index contributed by atoms with van der Waals surface area (Å²) in [4.78, 5) is 11.7. The van der Waals surface area contributed by atoms with Gasteiger partial charge in [-0.25, -0.2) is 4.79 Å². The van der Waals surface area contributed by atoms with E-state index >= 15 is 0 Å². The maximum absolute atomic E-state index is 11.7. The molecule has 1 aromatic heterocycles. The summed E-state index contributed by atoms with van der Waals surface area (Å²) in [5.74, 6) is 0.558. The number of carbonyl (C=O) groups excluding carboxylic acids is 1. The predicted molar refractivity (Wildman–Crippen MR) is 70.3 cm³/mol. The van der Waals surface area contributed by atoms with Gasteiger partial charge in [0, 0.05) is 7.05 Å². The van der Waals surface area contributed by atoms with Gasteiger partial charge in [-0.1, -0.05) is 18.2 Å². The zero-order valence-corrected chi connectivity index (χ0v) is 10.3. The van der Waals surface area contributed by atoms with E-state index in [2.05, 4.69) is 10.4 Å². The highest BCUT2D eigenvalue weighted by atomic mass is 16.6. The maximum atomic E-state index is 11.7. The topological polar surface area (TPSA) is 106 Å². The van der Waals surface area contributed by atoms with Crippen LogP contribution < -0.4 is 15.8 Å². The third-order valence-corrected chi connectivity index (χ3v) is 2.40. The number of anilines is 1. The highest BCUT2D eigenvalue weighted by Crippen LogP contribution is 2.15. The van der Waals surface area contributed by atoms with Crippen molar-refractivity contribution in [2.75, 3.05) is 5.32 Å². The number of nitrogens with one attached hydrogen (secondary N) is 2. The van der Waals surface area contributed by atoms with E-state index in [1.807, 2.05) is 6.07 Å². The molecule has 1 aromatic carbocycles. The second kappa shape index (κ2) is 5.21. The van der Waals surface area contributed by atoms with Crippen LogP contribution in [-0.4, -0.2) is 21.7 Å². The molecule has 0 spiro atoms. The minimum Gasteiger partial charge on any atom is -0.410 e. The molecule has 1 amide bonds. The first kappa shape index (κ1) is 12.6. The standard InChI is InChI=1S/C12H13N5O2/c1-17-11(9(7-15-17)10(13)14)16-12(18)19-8-5-3-2-4-6-8/h2-7H,1H3,(H3,13,14)(H,16,18). The molecule has 0 aliphatic rings. The van der Waals surface area contributed by atoms with Crippen molar-refractivity contribution in [2.45, 2.75) is 0 Å². The Bertz CT molecular complexity index is 606. The third-order valence-electron chi connectivity index (χ3n) is 2.40. The fourth-order valence-corrected chi connectivity index (χ4v) is 1.50. The molecule has 0 aliphatic heterocycles. The summed E-state index contributed by atoms with van der Waals surface area (Å²) in [5.41, 5.74) is 5.73. The lowest BCUT2D eigenvalue weighted by atomic mass is 10.3. The average molecular weight is 259 g/mol. The Morgan fingerprint density at radius 1 is 1.42 bits per heavy atom. The predicted octanol–water partition coefficient (Wildman–Crippen LogP) is 1.32. The fourth-order valence-electron chi connectivity index (χ4n) is 1.50. The van der Waals surface area contributed by atoms with Gasteiger partial charge in [-0.3, -0.25) is 15.4 Å². The first-order chi connectivity index (χ1) is 9.08. The van der Waals surface area contributed by atoms with Gasteiger partial charge in [0.15, 0.2) is 0 Å². The second-order valence-electron chi connectivity index (χ2n) is 3.77. The molecule has 0 bridgehead atoms. The monoisotopic (exact) mass is 259 g/mol. The lowest BCUT2D eigenvalue weighted by Gasteiger charge is -2.08. The minimum absolute atomic E-state index is 0.178. The number of aromatic nitrogens is 2. The van der Waals surface area contributed by atoms with Gasteiger partial charge < -0.3 is 10.5 Å². The van der Waals surface area contributed by atoms with E-state index < -0.39 is 6.09 Å². The number of aryl methyl sites for hydroxylation is 1. The van der Waals surface area contributed by atoms with Crippen molar-refractivity contribution < 1.29 is 9.53 Å². The van der Waals surface area contributed by atoms with Crippen LogP contribution in [0.15, 0.2) is 36.5 Å². The third kappa shape index (κ3) is 2.89. The van der Waals surface area contributed by atoms with Crippen LogP contribution in [0.25, 0.3) is 0 Å². The number of hydrogen-bond acceptors (Lipinski definition) is 4. The van der Waals surface area contributed by atoms with Crippen LogP contribution in [0.3, 0.4) is 0 Å². The molecule has 7 heteroatoms. The van der Waals surface area contributed by atoms with Gasteiger partial charge in [-0.05, 0) is 12.1 Å². The molecular formula is C12H13N5O2. The normalized spacial score (nSPS) is 9.95. The first-order valence-corrected chi connectivity index (χ1v) is 5.48. The number of nitrogens with two attached hydrogens (primary N) is 1. The number of benzene rings is 1. The number of amides is 1. The molecule has 2 rings (SSSR count). The largest absolute Gasteiger partial charge is 0.418 e. The van der Waals surface area contributed by atoms with Crippen LogP contribution >= 0.6 is 0 Å². The van der Waals surface area contributed by atoms with Crippen LogP contribution in [0.5, 0.6) is 5.75 Å². The molecule has 0 fully saturated rings. The average Bonchev–Trinajstić information content (AvgIpc) is 2.72. The Kier molecular flexibility index (Phi) is 3.46. The van der Waals surface area contributed by atoms with Crippen molar-refractivity contribution in [1.82, 2.24) is 9.78 Å². The quantitative estimate of drug-likeness (QED) is 0.570. The number of amidine groups is 1. The zero-order valence-electron chi connectivity index (χ0n) is 10.3. The van der Waals surface area contributed by atoms with E-state index in [1.54, 1.807) is 31.3 Å². The number of nitrogens with zero attached hydrogens (tertiary/aromatic N) is 2. The molecule has 0 saturated carbocycles. The molecule has 2 aromatic rings. The molecule has 7 nitrogen and oxygen atoms in total. The van der Waals surface area contributed by atoms with Gasteiger partial charge >= 0.3 is 6.09 Å². The van der Waals surface area contributed by atoms with Crippen molar-refractivity contribution in [3.05, 3.63) is 42.1 Å². The van der Waals surface area contributed by atoms with E-state index in [4.69, 9.17) is 15.9 Å². The number of hydrogen-bond donors (Lipinski definition) is 3. The van der Waals surface area contributed by atoms with E-state index in [0.29, 0.717) is 17.1 Å². The molecule has 0 radical (unpaired) electrons. The number of para-hydroxylation sites is 1. The Balaban J connectivity index is 2.11. The molecule has 0 aliphatic carbocycles. The Hall–Kier alpha value is -2.83. The van der Waals surface area contributed by atoms with Gasteiger partial charge in [0.1, 0.15) is 17.4 Å². The summed E-state index contributed by atoms with van der Waals surface area (Å²) < 4.78 is 6.48. The molecule has 1 heterocycles. The van der Waals surface area contributed by atoms with E-state index in [-0.39, 0.29) is 5.84 Å². The molecule has 0 saturated heterocycles. The van der Waals surface area contributed by atoms with Crippen molar-refractivity contribution in [1.29, 1.82) is 5.41 Å². The Labute approximate surface area is 109 Å². The summed E-state index contributed by atoms with van der Waals surface area (Å²) in [6.45, 7) is 0. The number of ether oxygens (including phenoxy) is 1.